The molecule has 0 aliphatic rings. The Morgan fingerprint density at radius 1 is 1.04 bits per heavy atom. The van der Waals surface area contributed by atoms with Crippen molar-refractivity contribution in [3.8, 4) is 0 Å². The summed E-state index contributed by atoms with van der Waals surface area (Å²) in [4.78, 5) is 27.5. The Morgan fingerprint density at radius 3 is 2.32 bits per heavy atom. The standard InChI is InChI=1S/C18H22N2O4S/c1-23-11-9-20(10-12-24-2)18(22)14-6-3-4-7-15(14)19-17(21)16-8-5-13-25-16/h3-8,13H,9-12H2,1-2H3,(H,19,21). The maximum atomic E-state index is 12.9. The number of nitrogens with one attached hydrogen (secondary N) is 1. The molecular formula is C18H22N2O4S. The van der Waals surface area contributed by atoms with Crippen molar-refractivity contribution in [3.63, 3.8) is 0 Å². The largest absolute Gasteiger partial charge is 0.383 e. The van der Waals surface area contributed by atoms with E-state index >= 15 is 0 Å². The minimum Gasteiger partial charge on any atom is -0.383 e. The Balaban J connectivity index is 2.18. The van der Waals surface area contributed by atoms with Crippen LogP contribution < -0.4 is 5.32 Å². The van der Waals surface area contributed by atoms with Gasteiger partial charge in [0.15, 0.2) is 0 Å². The third-order valence-electron chi connectivity index (χ3n) is 3.57. The highest BCUT2D eigenvalue weighted by Crippen LogP contribution is 2.19. The third kappa shape index (κ3) is 5.38. The van der Waals surface area contributed by atoms with Gasteiger partial charge in [0, 0.05) is 27.3 Å². The molecule has 0 radical (unpaired) electrons. The van der Waals surface area contributed by atoms with Crippen LogP contribution >= 0.6 is 11.3 Å². The predicted octanol–water partition coefficient (Wildman–Crippen LogP) is 2.74. The summed E-state index contributed by atoms with van der Waals surface area (Å²) < 4.78 is 10.2. The zero-order valence-electron chi connectivity index (χ0n) is 14.4. The quantitative estimate of drug-likeness (QED) is 0.745. The summed E-state index contributed by atoms with van der Waals surface area (Å²) >= 11 is 1.35. The number of rotatable bonds is 9. The van der Waals surface area contributed by atoms with Crippen molar-refractivity contribution in [2.24, 2.45) is 0 Å². The van der Waals surface area contributed by atoms with Crippen LogP contribution in [-0.2, 0) is 9.47 Å². The second kappa shape index (κ2) is 9.93. The van der Waals surface area contributed by atoms with Crippen LogP contribution in [-0.4, -0.2) is 57.2 Å². The molecule has 25 heavy (non-hydrogen) atoms. The second-order valence-corrected chi connectivity index (χ2v) is 6.20. The number of carbonyl (C=O) groups is 2. The summed E-state index contributed by atoms with van der Waals surface area (Å²) in [5, 5.41) is 4.66. The molecule has 2 aromatic rings. The van der Waals surface area contributed by atoms with E-state index in [1.165, 1.54) is 11.3 Å². The molecule has 6 nitrogen and oxygen atoms in total. The average Bonchev–Trinajstić information content (AvgIpc) is 3.17. The molecule has 7 heteroatoms. The summed E-state index contributed by atoms with van der Waals surface area (Å²) in [6.45, 7) is 1.76. The molecule has 0 aliphatic heterocycles. The number of anilines is 1. The van der Waals surface area contributed by atoms with Crippen molar-refractivity contribution < 1.29 is 19.1 Å². The second-order valence-electron chi connectivity index (χ2n) is 5.25. The molecule has 1 heterocycles. The van der Waals surface area contributed by atoms with Crippen LogP contribution in [0.25, 0.3) is 0 Å². The number of hydrogen-bond acceptors (Lipinski definition) is 5. The van der Waals surface area contributed by atoms with Gasteiger partial charge in [0.25, 0.3) is 11.8 Å². The Bertz CT molecular complexity index is 680. The van der Waals surface area contributed by atoms with Crippen molar-refractivity contribution in [3.05, 3.63) is 52.2 Å². The van der Waals surface area contributed by atoms with E-state index in [-0.39, 0.29) is 11.8 Å². The summed E-state index contributed by atoms with van der Waals surface area (Å²) in [6, 6.07) is 10.6. The molecule has 1 aromatic heterocycles. The monoisotopic (exact) mass is 362 g/mol. The van der Waals surface area contributed by atoms with E-state index in [0.29, 0.717) is 42.4 Å². The minimum absolute atomic E-state index is 0.170. The summed E-state index contributed by atoms with van der Waals surface area (Å²) in [5.41, 5.74) is 0.936. The van der Waals surface area contributed by atoms with E-state index in [1.54, 1.807) is 49.5 Å². The van der Waals surface area contributed by atoms with Gasteiger partial charge in [-0.15, -0.1) is 11.3 Å². The number of benzene rings is 1. The highest BCUT2D eigenvalue weighted by molar-refractivity contribution is 7.12. The van der Waals surface area contributed by atoms with E-state index in [9.17, 15) is 9.59 Å². The van der Waals surface area contributed by atoms with Gasteiger partial charge < -0.3 is 19.7 Å². The minimum atomic E-state index is -0.226. The Hall–Kier alpha value is -2.22. The number of thiophene rings is 1. The Labute approximate surface area is 151 Å². The lowest BCUT2D eigenvalue weighted by atomic mass is 10.1. The normalized spacial score (nSPS) is 10.5. The summed E-state index contributed by atoms with van der Waals surface area (Å²) in [5.74, 6) is -0.397. The SMILES string of the molecule is COCCN(CCOC)C(=O)c1ccccc1NC(=O)c1cccs1. The molecule has 2 rings (SSSR count). The zero-order valence-corrected chi connectivity index (χ0v) is 15.2. The summed E-state index contributed by atoms with van der Waals surface area (Å²) in [6.07, 6.45) is 0. The maximum absolute atomic E-state index is 12.9. The lowest BCUT2D eigenvalue weighted by Crippen LogP contribution is -2.37. The van der Waals surface area contributed by atoms with E-state index < -0.39 is 0 Å². The fourth-order valence-electron chi connectivity index (χ4n) is 2.26. The Kier molecular flexibility index (Phi) is 7.59. The first-order valence-electron chi connectivity index (χ1n) is 7.88. The van der Waals surface area contributed by atoms with Gasteiger partial charge in [0.1, 0.15) is 0 Å². The van der Waals surface area contributed by atoms with Gasteiger partial charge in [-0.1, -0.05) is 18.2 Å². The number of hydrogen-bond donors (Lipinski definition) is 1. The molecule has 1 aromatic carbocycles. The highest BCUT2D eigenvalue weighted by Gasteiger charge is 2.20. The van der Waals surface area contributed by atoms with Gasteiger partial charge in [-0.2, -0.15) is 0 Å². The van der Waals surface area contributed by atoms with Crippen LogP contribution in [0.3, 0.4) is 0 Å². The maximum Gasteiger partial charge on any atom is 0.265 e. The van der Waals surface area contributed by atoms with Gasteiger partial charge in [0.05, 0.1) is 29.3 Å². The van der Waals surface area contributed by atoms with Gasteiger partial charge in [-0.25, -0.2) is 0 Å². The zero-order chi connectivity index (χ0) is 18.1. The molecule has 0 aliphatic carbocycles. The lowest BCUT2D eigenvalue weighted by molar-refractivity contribution is 0.0628. The van der Waals surface area contributed by atoms with E-state index in [0.717, 1.165) is 0 Å². The molecular weight excluding hydrogens is 340 g/mol. The van der Waals surface area contributed by atoms with E-state index in [1.807, 2.05) is 11.4 Å². The Morgan fingerprint density at radius 2 is 1.72 bits per heavy atom. The summed E-state index contributed by atoms with van der Waals surface area (Å²) in [7, 11) is 3.18. The molecule has 0 bridgehead atoms. The van der Waals surface area contributed by atoms with Crippen molar-refractivity contribution in [2.45, 2.75) is 0 Å². The first-order valence-corrected chi connectivity index (χ1v) is 8.76. The highest BCUT2D eigenvalue weighted by atomic mass is 32.1. The molecule has 0 fully saturated rings. The molecule has 0 saturated carbocycles. The van der Waals surface area contributed by atoms with E-state index in [2.05, 4.69) is 5.32 Å². The molecule has 1 N–H and O–H groups in total. The number of para-hydroxylation sites is 1. The van der Waals surface area contributed by atoms with E-state index in [4.69, 9.17) is 9.47 Å². The van der Waals surface area contributed by atoms with Crippen LogP contribution in [0.2, 0.25) is 0 Å². The number of methoxy groups -OCH3 is 2. The number of amides is 2. The predicted molar refractivity (Wildman–Crippen MR) is 98.4 cm³/mol. The number of ether oxygens (including phenoxy) is 2. The van der Waals surface area contributed by atoms with Crippen LogP contribution in [0.1, 0.15) is 20.0 Å². The molecule has 0 spiro atoms. The smallest absolute Gasteiger partial charge is 0.265 e. The first kappa shape index (κ1) is 19.1. The third-order valence-corrected chi connectivity index (χ3v) is 4.44. The fraction of sp³-hybridized carbons (Fsp3) is 0.333. The van der Waals surface area contributed by atoms with Crippen LogP contribution in [0, 0.1) is 0 Å². The fourth-order valence-corrected chi connectivity index (χ4v) is 2.88. The van der Waals surface area contributed by atoms with Crippen molar-refractivity contribution >= 4 is 28.8 Å². The van der Waals surface area contributed by atoms with Crippen molar-refractivity contribution in [1.82, 2.24) is 4.90 Å². The molecule has 0 saturated heterocycles. The molecule has 0 atom stereocenters. The lowest BCUT2D eigenvalue weighted by Gasteiger charge is -2.23. The van der Waals surface area contributed by atoms with Crippen molar-refractivity contribution in [2.75, 3.05) is 45.8 Å². The van der Waals surface area contributed by atoms with Gasteiger partial charge >= 0.3 is 0 Å². The molecule has 134 valence electrons. The molecule has 0 unspecified atom stereocenters. The van der Waals surface area contributed by atoms with Gasteiger partial charge in [-0.3, -0.25) is 9.59 Å². The van der Waals surface area contributed by atoms with Gasteiger partial charge in [-0.05, 0) is 23.6 Å². The number of carbonyl (C=O) groups excluding carboxylic acids is 2. The number of nitrogens with zero attached hydrogens (tertiary/aromatic N) is 1. The van der Waals surface area contributed by atoms with Crippen LogP contribution in [0.5, 0.6) is 0 Å². The van der Waals surface area contributed by atoms with Crippen molar-refractivity contribution in [1.29, 1.82) is 0 Å². The first-order chi connectivity index (χ1) is 12.2. The van der Waals surface area contributed by atoms with Crippen LogP contribution in [0.15, 0.2) is 41.8 Å². The molecule has 2 amide bonds. The van der Waals surface area contributed by atoms with Gasteiger partial charge in [0.2, 0.25) is 0 Å². The average molecular weight is 362 g/mol. The topological polar surface area (TPSA) is 67.9 Å². The van der Waals surface area contributed by atoms with Crippen LogP contribution in [0.4, 0.5) is 5.69 Å².